The standard InChI is InChI=1S/C29H35N3O3S2/c1-3-12-31(13-4-2)26-16-22-14-24-19-32(20-25(24)15-23(22)17-26)37(34,35)28-11-10-27(36-28)18-30-29(33)21-8-6-5-7-9-21/h5-11,14-15,26H,3-4,12-13,16-20H2,1-2H3,(H,30,33). The maximum Gasteiger partial charge on any atom is 0.253 e. The van der Waals surface area contributed by atoms with E-state index < -0.39 is 10.0 Å². The van der Waals surface area contributed by atoms with Gasteiger partial charge in [0.05, 0.1) is 6.54 Å². The fraction of sp³-hybridized carbons (Fsp3) is 0.414. The highest BCUT2D eigenvalue weighted by Gasteiger charge is 2.34. The molecular formula is C29H35N3O3S2. The highest BCUT2D eigenvalue weighted by atomic mass is 32.2. The van der Waals surface area contributed by atoms with Crippen molar-refractivity contribution in [1.29, 1.82) is 0 Å². The van der Waals surface area contributed by atoms with Gasteiger partial charge in [-0.1, -0.05) is 44.2 Å². The molecule has 6 nitrogen and oxygen atoms in total. The van der Waals surface area contributed by atoms with Gasteiger partial charge in [0.15, 0.2) is 0 Å². The molecule has 3 aromatic rings. The van der Waals surface area contributed by atoms with E-state index in [1.54, 1.807) is 28.6 Å². The van der Waals surface area contributed by atoms with Crippen molar-refractivity contribution in [1.82, 2.24) is 14.5 Å². The molecule has 0 radical (unpaired) electrons. The number of fused-ring (bicyclic) bond motifs is 2. The van der Waals surface area contributed by atoms with Gasteiger partial charge in [0.1, 0.15) is 4.21 Å². The molecule has 196 valence electrons. The van der Waals surface area contributed by atoms with Crippen LogP contribution in [0.1, 0.15) is 64.2 Å². The van der Waals surface area contributed by atoms with Gasteiger partial charge in [0.25, 0.3) is 15.9 Å². The summed E-state index contributed by atoms with van der Waals surface area (Å²) in [5, 5.41) is 2.88. The number of nitrogens with one attached hydrogen (secondary N) is 1. The van der Waals surface area contributed by atoms with E-state index in [1.807, 2.05) is 18.2 Å². The number of hydrogen-bond donors (Lipinski definition) is 1. The monoisotopic (exact) mass is 537 g/mol. The Morgan fingerprint density at radius 1 is 0.946 bits per heavy atom. The van der Waals surface area contributed by atoms with Crippen LogP contribution in [-0.4, -0.2) is 42.7 Å². The third-order valence-electron chi connectivity index (χ3n) is 7.35. The molecule has 2 heterocycles. The minimum absolute atomic E-state index is 0.170. The first kappa shape index (κ1) is 26.1. The lowest BCUT2D eigenvalue weighted by atomic mass is 10.0. The van der Waals surface area contributed by atoms with E-state index in [-0.39, 0.29) is 5.91 Å². The van der Waals surface area contributed by atoms with Gasteiger partial charge in [0, 0.05) is 29.6 Å². The lowest BCUT2D eigenvalue weighted by Crippen LogP contribution is -2.37. The predicted molar refractivity (Wildman–Crippen MR) is 148 cm³/mol. The van der Waals surface area contributed by atoms with Crippen LogP contribution in [0.25, 0.3) is 0 Å². The summed E-state index contributed by atoms with van der Waals surface area (Å²) in [5.74, 6) is -0.170. The number of carbonyl (C=O) groups is 1. The molecule has 0 atom stereocenters. The van der Waals surface area contributed by atoms with Crippen LogP contribution in [0.4, 0.5) is 0 Å². The number of nitrogens with zero attached hydrogens (tertiary/aromatic N) is 2. The van der Waals surface area contributed by atoms with Gasteiger partial charge in [-0.3, -0.25) is 9.69 Å². The van der Waals surface area contributed by atoms with E-state index in [1.165, 1.54) is 35.3 Å². The number of amides is 1. The van der Waals surface area contributed by atoms with Crippen molar-refractivity contribution < 1.29 is 13.2 Å². The molecule has 2 aromatic carbocycles. The number of hydrogen-bond acceptors (Lipinski definition) is 5. The summed E-state index contributed by atoms with van der Waals surface area (Å²) in [5.41, 5.74) is 5.61. The Hall–Kier alpha value is -2.52. The minimum Gasteiger partial charge on any atom is -0.347 e. The lowest BCUT2D eigenvalue weighted by Gasteiger charge is -2.27. The summed E-state index contributed by atoms with van der Waals surface area (Å²) in [4.78, 5) is 15.8. The van der Waals surface area contributed by atoms with E-state index >= 15 is 0 Å². The van der Waals surface area contributed by atoms with Crippen molar-refractivity contribution >= 4 is 27.3 Å². The zero-order valence-corrected chi connectivity index (χ0v) is 23.2. The number of rotatable bonds is 10. The molecule has 0 fully saturated rings. The Balaban J connectivity index is 1.23. The van der Waals surface area contributed by atoms with E-state index in [0.29, 0.717) is 35.4 Å². The fourth-order valence-corrected chi connectivity index (χ4v) is 8.39. The van der Waals surface area contributed by atoms with Gasteiger partial charge in [-0.25, -0.2) is 8.42 Å². The smallest absolute Gasteiger partial charge is 0.253 e. The predicted octanol–water partition coefficient (Wildman–Crippen LogP) is 4.97. The van der Waals surface area contributed by atoms with Gasteiger partial charge in [-0.2, -0.15) is 4.31 Å². The van der Waals surface area contributed by atoms with E-state index in [9.17, 15) is 13.2 Å². The maximum atomic E-state index is 13.5. The molecule has 8 heteroatoms. The van der Waals surface area contributed by atoms with Crippen LogP contribution in [0.3, 0.4) is 0 Å². The third kappa shape index (κ3) is 5.53. The van der Waals surface area contributed by atoms with Gasteiger partial charge in [0.2, 0.25) is 0 Å². The average Bonchev–Trinajstić information content (AvgIpc) is 3.64. The molecule has 37 heavy (non-hydrogen) atoms. The Bertz CT molecular complexity index is 1330. The second-order valence-electron chi connectivity index (χ2n) is 10.0. The Morgan fingerprint density at radius 3 is 2.16 bits per heavy atom. The largest absolute Gasteiger partial charge is 0.347 e. The first-order valence-corrected chi connectivity index (χ1v) is 15.4. The van der Waals surface area contributed by atoms with Crippen LogP contribution in [0, 0.1) is 0 Å². The van der Waals surface area contributed by atoms with Crippen molar-refractivity contribution in [3.63, 3.8) is 0 Å². The lowest BCUT2D eigenvalue weighted by molar-refractivity contribution is 0.0951. The molecule has 0 unspecified atom stereocenters. The van der Waals surface area contributed by atoms with Crippen LogP contribution in [-0.2, 0) is 42.5 Å². The van der Waals surface area contributed by atoms with Crippen LogP contribution >= 0.6 is 11.3 Å². The molecule has 1 aliphatic heterocycles. The fourth-order valence-electron chi connectivity index (χ4n) is 5.54. The zero-order valence-electron chi connectivity index (χ0n) is 21.6. The van der Waals surface area contributed by atoms with Crippen molar-refractivity contribution in [3.8, 4) is 0 Å². The highest BCUT2D eigenvalue weighted by molar-refractivity contribution is 7.91. The number of benzene rings is 2. The van der Waals surface area contributed by atoms with Gasteiger partial charge in [-0.15, -0.1) is 11.3 Å². The number of sulfonamides is 1. The quantitative estimate of drug-likeness (QED) is 0.396. The topological polar surface area (TPSA) is 69.7 Å². The van der Waals surface area contributed by atoms with Crippen molar-refractivity contribution in [3.05, 3.63) is 87.3 Å². The van der Waals surface area contributed by atoms with Gasteiger partial charge < -0.3 is 5.32 Å². The van der Waals surface area contributed by atoms with E-state index in [4.69, 9.17) is 0 Å². The highest BCUT2D eigenvalue weighted by Crippen LogP contribution is 2.36. The van der Waals surface area contributed by atoms with Gasteiger partial charge in [-0.05, 0) is 85.3 Å². The normalized spacial score (nSPS) is 15.8. The molecule has 0 saturated carbocycles. The second-order valence-corrected chi connectivity index (χ2v) is 13.4. The van der Waals surface area contributed by atoms with Crippen molar-refractivity contribution in [2.75, 3.05) is 13.1 Å². The summed E-state index contributed by atoms with van der Waals surface area (Å²) >= 11 is 1.23. The Kier molecular flexibility index (Phi) is 7.81. The van der Waals surface area contributed by atoms with Crippen LogP contribution in [0.2, 0.25) is 0 Å². The zero-order chi connectivity index (χ0) is 26.0. The maximum absolute atomic E-state index is 13.5. The first-order valence-electron chi connectivity index (χ1n) is 13.2. The van der Waals surface area contributed by atoms with E-state index in [2.05, 4.69) is 36.2 Å². The molecule has 1 amide bonds. The third-order valence-corrected chi connectivity index (χ3v) is 10.7. The second kappa shape index (κ2) is 11.1. The molecule has 1 aliphatic carbocycles. The summed E-state index contributed by atoms with van der Waals surface area (Å²) < 4.78 is 28.8. The summed E-state index contributed by atoms with van der Waals surface area (Å²) in [7, 11) is -3.60. The van der Waals surface area contributed by atoms with Crippen molar-refractivity contribution in [2.45, 2.75) is 69.4 Å². The molecule has 0 saturated heterocycles. The van der Waals surface area contributed by atoms with Crippen LogP contribution in [0.5, 0.6) is 0 Å². The minimum atomic E-state index is -3.60. The molecular weight excluding hydrogens is 502 g/mol. The average molecular weight is 538 g/mol. The molecule has 5 rings (SSSR count). The number of carbonyl (C=O) groups excluding carboxylic acids is 1. The van der Waals surface area contributed by atoms with Crippen LogP contribution < -0.4 is 5.32 Å². The summed E-state index contributed by atoms with van der Waals surface area (Å²) in [6, 6.07) is 17.5. The molecule has 0 bridgehead atoms. The first-order chi connectivity index (χ1) is 17.9. The number of thiophene rings is 1. The van der Waals surface area contributed by atoms with Crippen LogP contribution in [0.15, 0.2) is 58.8 Å². The Labute approximate surface area is 224 Å². The SMILES string of the molecule is CCCN(CCC)C1Cc2cc3c(cc2C1)CN(S(=O)(=O)c1ccc(CNC(=O)c2ccccc2)s1)C3. The molecule has 1 N–H and O–H groups in total. The summed E-state index contributed by atoms with van der Waals surface area (Å²) in [6.45, 7) is 7.89. The molecule has 2 aliphatic rings. The Morgan fingerprint density at radius 2 is 1.57 bits per heavy atom. The molecule has 1 aromatic heterocycles. The van der Waals surface area contributed by atoms with E-state index in [0.717, 1.165) is 41.9 Å². The molecule has 0 spiro atoms. The summed E-state index contributed by atoms with van der Waals surface area (Å²) in [6.07, 6.45) is 4.44. The van der Waals surface area contributed by atoms with Gasteiger partial charge >= 0.3 is 0 Å². The van der Waals surface area contributed by atoms with Crippen molar-refractivity contribution in [2.24, 2.45) is 0 Å².